The number of carbonyl (C=O) groups excluding carboxylic acids is 1. The highest BCUT2D eigenvalue weighted by atomic mass is 16.5. The Balaban J connectivity index is 1.66. The summed E-state index contributed by atoms with van der Waals surface area (Å²) in [6.07, 6.45) is 4.41. The minimum absolute atomic E-state index is 0.187. The quantitative estimate of drug-likeness (QED) is 0.314. The summed E-state index contributed by atoms with van der Waals surface area (Å²) in [6.45, 7) is 4.80. The predicted molar refractivity (Wildman–Crippen MR) is 121 cm³/mol. The average Bonchev–Trinajstić information content (AvgIpc) is 2.76. The predicted octanol–water partition coefficient (Wildman–Crippen LogP) is 5.81. The van der Waals surface area contributed by atoms with Gasteiger partial charge in [-0.3, -0.25) is 4.79 Å². The summed E-state index contributed by atoms with van der Waals surface area (Å²) in [5.41, 5.74) is 2.05. The van der Waals surface area contributed by atoms with Crippen LogP contribution in [-0.4, -0.2) is 25.5 Å². The molecule has 3 aromatic carbocycles. The minimum atomic E-state index is 0.187. The summed E-state index contributed by atoms with van der Waals surface area (Å²) in [7, 11) is 0. The first-order valence-corrected chi connectivity index (χ1v) is 10.7. The zero-order valence-corrected chi connectivity index (χ0v) is 17.3. The third kappa shape index (κ3) is 6.16. The van der Waals surface area contributed by atoms with Crippen LogP contribution >= 0.6 is 0 Å². The van der Waals surface area contributed by atoms with Gasteiger partial charge in [0.25, 0.3) is 0 Å². The number of fused-ring (bicyclic) bond motifs is 1. The lowest BCUT2D eigenvalue weighted by atomic mass is 9.97. The Morgan fingerprint density at radius 2 is 1.69 bits per heavy atom. The molecule has 0 aromatic heterocycles. The lowest BCUT2D eigenvalue weighted by molar-refractivity contribution is 0.0981. The molecular weight excluding hydrogens is 358 g/mol. The molecule has 0 radical (unpaired) electrons. The van der Waals surface area contributed by atoms with Crippen LogP contribution in [0, 0.1) is 0 Å². The molecule has 0 bridgehead atoms. The Morgan fingerprint density at radius 3 is 2.48 bits per heavy atom. The number of carbonyl (C=O) groups is 1. The van der Waals surface area contributed by atoms with Gasteiger partial charge >= 0.3 is 0 Å². The van der Waals surface area contributed by atoms with Crippen molar-refractivity contribution in [2.45, 2.75) is 39.0 Å². The molecule has 0 aliphatic heterocycles. The molecule has 1 N–H and O–H groups in total. The van der Waals surface area contributed by atoms with Crippen molar-refractivity contribution in [3.63, 3.8) is 0 Å². The van der Waals surface area contributed by atoms with Gasteiger partial charge in [0.1, 0.15) is 5.75 Å². The van der Waals surface area contributed by atoms with Crippen LogP contribution in [0.2, 0.25) is 0 Å². The monoisotopic (exact) mass is 389 g/mol. The zero-order valence-electron chi connectivity index (χ0n) is 17.3. The Bertz CT molecular complexity index is 900. The third-order valence-electron chi connectivity index (χ3n) is 5.06. The first-order valence-electron chi connectivity index (χ1n) is 10.7. The molecule has 0 fully saturated rings. The number of ketones is 1. The van der Waals surface area contributed by atoms with Gasteiger partial charge in [-0.1, -0.05) is 67.6 Å². The standard InChI is InChI=1S/C26H31NO2/c1-2-18-27-19-9-20-29-25-17-8-14-22-13-7-15-23(26(22)25)24(28)16-6-12-21-10-4-3-5-11-21/h3-5,7-8,10-11,13-15,17,27H,2,6,9,12,16,18-20H2,1H3. The van der Waals surface area contributed by atoms with Crippen LogP contribution in [0.1, 0.15) is 48.5 Å². The number of aryl methyl sites for hydroxylation is 1. The van der Waals surface area contributed by atoms with Crippen molar-refractivity contribution in [1.82, 2.24) is 5.32 Å². The van der Waals surface area contributed by atoms with E-state index in [1.165, 1.54) is 5.56 Å². The highest BCUT2D eigenvalue weighted by Crippen LogP contribution is 2.30. The minimum Gasteiger partial charge on any atom is -0.493 e. The molecule has 3 aromatic rings. The van der Waals surface area contributed by atoms with E-state index in [4.69, 9.17) is 4.74 Å². The van der Waals surface area contributed by atoms with Crippen LogP contribution in [0.15, 0.2) is 66.7 Å². The number of hydrogen-bond acceptors (Lipinski definition) is 3. The molecule has 3 heteroatoms. The van der Waals surface area contributed by atoms with Crippen molar-refractivity contribution in [2.75, 3.05) is 19.7 Å². The number of hydrogen-bond donors (Lipinski definition) is 1. The van der Waals surface area contributed by atoms with E-state index in [0.717, 1.165) is 60.9 Å². The smallest absolute Gasteiger partial charge is 0.163 e. The van der Waals surface area contributed by atoms with Gasteiger partial charge in [0, 0.05) is 17.4 Å². The topological polar surface area (TPSA) is 38.3 Å². The van der Waals surface area contributed by atoms with Gasteiger partial charge in [-0.2, -0.15) is 0 Å². The summed E-state index contributed by atoms with van der Waals surface area (Å²) in [5, 5.41) is 5.39. The molecule has 0 heterocycles. The third-order valence-corrected chi connectivity index (χ3v) is 5.06. The first kappa shape index (κ1) is 21.1. The Morgan fingerprint density at radius 1 is 0.897 bits per heavy atom. The highest BCUT2D eigenvalue weighted by molar-refractivity contribution is 6.10. The maximum Gasteiger partial charge on any atom is 0.163 e. The number of ether oxygens (including phenoxy) is 1. The van der Waals surface area contributed by atoms with Crippen molar-refractivity contribution in [1.29, 1.82) is 0 Å². The molecule has 0 saturated heterocycles. The van der Waals surface area contributed by atoms with Crippen LogP contribution < -0.4 is 10.1 Å². The molecule has 152 valence electrons. The van der Waals surface area contributed by atoms with Crippen LogP contribution in [0.5, 0.6) is 5.75 Å². The van der Waals surface area contributed by atoms with Crippen molar-refractivity contribution in [3.8, 4) is 5.75 Å². The molecule has 0 spiro atoms. The fraction of sp³-hybridized carbons (Fsp3) is 0.346. The molecule has 3 nitrogen and oxygen atoms in total. The lowest BCUT2D eigenvalue weighted by Gasteiger charge is -2.13. The zero-order chi connectivity index (χ0) is 20.3. The summed E-state index contributed by atoms with van der Waals surface area (Å²) in [4.78, 5) is 13.0. The van der Waals surface area contributed by atoms with Crippen LogP contribution in [0.3, 0.4) is 0 Å². The molecule has 0 atom stereocenters. The van der Waals surface area contributed by atoms with Crippen molar-refractivity contribution >= 4 is 16.6 Å². The van der Waals surface area contributed by atoms with E-state index >= 15 is 0 Å². The molecule has 29 heavy (non-hydrogen) atoms. The van der Waals surface area contributed by atoms with Crippen LogP contribution in [0.4, 0.5) is 0 Å². The second-order valence-corrected chi connectivity index (χ2v) is 7.37. The fourth-order valence-electron chi connectivity index (χ4n) is 3.57. The van der Waals surface area contributed by atoms with Gasteiger partial charge in [-0.05, 0) is 55.8 Å². The second kappa shape index (κ2) is 11.4. The van der Waals surface area contributed by atoms with Gasteiger partial charge in [-0.15, -0.1) is 0 Å². The van der Waals surface area contributed by atoms with Crippen molar-refractivity contribution in [3.05, 3.63) is 77.9 Å². The Labute approximate surface area is 174 Å². The van der Waals surface area contributed by atoms with Crippen LogP contribution in [-0.2, 0) is 6.42 Å². The number of rotatable bonds is 12. The van der Waals surface area contributed by atoms with E-state index < -0.39 is 0 Å². The van der Waals surface area contributed by atoms with Gasteiger partial charge in [0.15, 0.2) is 5.78 Å². The van der Waals surface area contributed by atoms with E-state index in [1.807, 2.05) is 54.6 Å². The van der Waals surface area contributed by atoms with Gasteiger partial charge in [-0.25, -0.2) is 0 Å². The molecule has 3 rings (SSSR count). The van der Waals surface area contributed by atoms with Crippen molar-refractivity contribution < 1.29 is 9.53 Å². The summed E-state index contributed by atoms with van der Waals surface area (Å²) < 4.78 is 6.07. The average molecular weight is 390 g/mol. The molecule has 0 unspecified atom stereocenters. The van der Waals surface area contributed by atoms with E-state index in [9.17, 15) is 4.79 Å². The maximum absolute atomic E-state index is 13.0. The number of Topliss-reactive ketones (excluding diaryl/α,β-unsaturated/α-hetero) is 1. The molecule has 0 aliphatic rings. The van der Waals surface area contributed by atoms with E-state index in [0.29, 0.717) is 13.0 Å². The summed E-state index contributed by atoms with van der Waals surface area (Å²) in [6, 6.07) is 22.3. The molecule has 0 saturated carbocycles. The van der Waals surface area contributed by atoms with E-state index in [2.05, 4.69) is 24.4 Å². The number of nitrogens with one attached hydrogen (secondary N) is 1. The van der Waals surface area contributed by atoms with E-state index in [-0.39, 0.29) is 5.78 Å². The molecule has 0 amide bonds. The second-order valence-electron chi connectivity index (χ2n) is 7.37. The normalized spacial score (nSPS) is 10.9. The van der Waals surface area contributed by atoms with E-state index in [1.54, 1.807) is 0 Å². The highest BCUT2D eigenvalue weighted by Gasteiger charge is 2.14. The maximum atomic E-state index is 13.0. The summed E-state index contributed by atoms with van der Waals surface area (Å²) >= 11 is 0. The lowest BCUT2D eigenvalue weighted by Crippen LogP contribution is -2.18. The van der Waals surface area contributed by atoms with Gasteiger partial charge < -0.3 is 10.1 Å². The van der Waals surface area contributed by atoms with Gasteiger partial charge in [0.2, 0.25) is 0 Å². The van der Waals surface area contributed by atoms with Crippen molar-refractivity contribution in [2.24, 2.45) is 0 Å². The largest absolute Gasteiger partial charge is 0.493 e. The first-order chi connectivity index (χ1) is 14.3. The molecule has 0 aliphatic carbocycles. The molecular formula is C26H31NO2. The fourth-order valence-corrected chi connectivity index (χ4v) is 3.57. The van der Waals surface area contributed by atoms with Crippen LogP contribution in [0.25, 0.3) is 10.8 Å². The number of benzene rings is 3. The SMILES string of the molecule is CCCNCCCOc1cccc2cccc(C(=O)CCCc3ccccc3)c12. The summed E-state index contributed by atoms with van der Waals surface area (Å²) in [5.74, 6) is 0.997. The Hall–Kier alpha value is -2.65. The Kier molecular flexibility index (Phi) is 8.26. The van der Waals surface area contributed by atoms with Gasteiger partial charge in [0.05, 0.1) is 6.61 Å².